The third kappa shape index (κ3) is 1.65. The van der Waals surface area contributed by atoms with E-state index in [0.29, 0.717) is 0 Å². The molecule has 0 bridgehead atoms. The van der Waals surface area contributed by atoms with Gasteiger partial charge in [-0.3, -0.25) is 0 Å². The minimum Gasteiger partial charge on any atom is -0.491 e. The van der Waals surface area contributed by atoms with Gasteiger partial charge in [-0.05, 0) is 6.08 Å². The lowest BCUT2D eigenvalue weighted by Crippen LogP contribution is -2.72. The number of aliphatic hydroxyl groups is 3. The van der Waals surface area contributed by atoms with E-state index in [0.717, 1.165) is 6.08 Å². The van der Waals surface area contributed by atoms with Crippen LogP contribution in [0.5, 0.6) is 0 Å². The summed E-state index contributed by atoms with van der Waals surface area (Å²) < 4.78 is 20.6. The molecule has 8 nitrogen and oxygen atoms in total. The molecule has 0 aromatic heterocycles. The highest BCUT2D eigenvalue weighted by molar-refractivity contribution is 5.83. The zero-order valence-corrected chi connectivity index (χ0v) is 11.3. The first-order chi connectivity index (χ1) is 9.89. The highest BCUT2D eigenvalue weighted by Gasteiger charge is 2.75. The Hall–Kier alpha value is -1.45. The number of rotatable bonds is 1. The second-order valence-corrected chi connectivity index (χ2v) is 5.12. The maximum atomic E-state index is 11.4. The van der Waals surface area contributed by atoms with Crippen LogP contribution in [0.15, 0.2) is 24.0 Å². The van der Waals surface area contributed by atoms with E-state index in [-0.39, 0.29) is 19.0 Å². The summed E-state index contributed by atoms with van der Waals surface area (Å²) in [6, 6.07) is 0. The van der Waals surface area contributed by atoms with E-state index in [4.69, 9.17) is 14.2 Å². The lowest BCUT2D eigenvalue weighted by atomic mass is 9.70. The molecular weight excluding hydrogens is 284 g/mol. The number of carbonyl (C=O) groups is 1. The van der Waals surface area contributed by atoms with E-state index < -0.39 is 35.7 Å². The number of methoxy groups -OCH3 is 1. The first-order valence-corrected chi connectivity index (χ1v) is 6.43. The molecular formula is C13H16O8. The van der Waals surface area contributed by atoms with Crippen LogP contribution in [0.4, 0.5) is 0 Å². The number of carbonyl (C=O) groups excluding carboxylic acids is 1. The first-order valence-electron chi connectivity index (χ1n) is 6.43. The Kier molecular flexibility index (Phi) is 3.12. The predicted octanol–water partition coefficient (Wildman–Crippen LogP) is -1.79. The number of hydrogen-bond donors (Lipinski definition) is 3. The number of hydrogen-bond acceptors (Lipinski definition) is 8. The minimum absolute atomic E-state index is 0.185. The van der Waals surface area contributed by atoms with E-state index in [1.807, 2.05) is 0 Å². The van der Waals surface area contributed by atoms with Gasteiger partial charge in [0.2, 0.25) is 11.4 Å². The summed E-state index contributed by atoms with van der Waals surface area (Å²) in [6.45, 7) is -0.0546. The van der Waals surface area contributed by atoms with Crippen LogP contribution in [0.3, 0.4) is 0 Å². The molecule has 116 valence electrons. The zero-order valence-electron chi connectivity index (χ0n) is 11.3. The van der Waals surface area contributed by atoms with Crippen molar-refractivity contribution in [3.63, 3.8) is 0 Å². The molecule has 0 amide bonds. The van der Waals surface area contributed by atoms with Crippen LogP contribution < -0.4 is 0 Å². The average Bonchev–Trinajstić information content (AvgIpc) is 3.04. The Labute approximate surface area is 120 Å². The van der Waals surface area contributed by atoms with E-state index in [1.54, 1.807) is 0 Å². The van der Waals surface area contributed by atoms with Crippen molar-refractivity contribution in [2.45, 2.75) is 23.1 Å². The van der Waals surface area contributed by atoms with Crippen LogP contribution in [0.25, 0.3) is 0 Å². The molecule has 0 aromatic carbocycles. The standard InChI is InChI=1S/C13H16O8/c1-18-10(15)6-9-13(17)11(16,7-19-9)8(14)2-3-12(13)20-4-5-21-12/h2-3,6,8,14,16-17H,4-5,7H2,1H3/b9-6+/t8-,11-,13-/m1/s1. The molecule has 0 unspecified atom stereocenters. The van der Waals surface area contributed by atoms with Crippen molar-refractivity contribution in [3.8, 4) is 0 Å². The molecule has 0 radical (unpaired) electrons. The van der Waals surface area contributed by atoms with Gasteiger partial charge in [0.1, 0.15) is 18.5 Å². The summed E-state index contributed by atoms with van der Waals surface area (Å²) in [5.74, 6) is -2.78. The van der Waals surface area contributed by atoms with Crippen molar-refractivity contribution < 1.29 is 39.1 Å². The molecule has 3 aliphatic rings. The van der Waals surface area contributed by atoms with Crippen LogP contribution in [0, 0.1) is 0 Å². The van der Waals surface area contributed by atoms with E-state index in [1.165, 1.54) is 19.3 Å². The largest absolute Gasteiger partial charge is 0.491 e. The highest BCUT2D eigenvalue weighted by Crippen LogP contribution is 2.53. The molecule has 3 atom stereocenters. The average molecular weight is 300 g/mol. The molecule has 0 aromatic rings. The van der Waals surface area contributed by atoms with Gasteiger partial charge in [-0.15, -0.1) is 0 Å². The quantitative estimate of drug-likeness (QED) is 0.295. The van der Waals surface area contributed by atoms with Crippen molar-refractivity contribution >= 4 is 5.97 Å². The van der Waals surface area contributed by atoms with Crippen molar-refractivity contribution in [1.82, 2.24) is 0 Å². The van der Waals surface area contributed by atoms with Gasteiger partial charge in [0, 0.05) is 0 Å². The van der Waals surface area contributed by atoms with Crippen LogP contribution in [-0.4, -0.2) is 71.3 Å². The fourth-order valence-electron chi connectivity index (χ4n) is 2.93. The summed E-state index contributed by atoms with van der Waals surface area (Å²) in [5, 5.41) is 31.8. The third-order valence-corrected chi connectivity index (χ3v) is 4.09. The van der Waals surface area contributed by atoms with Gasteiger partial charge in [-0.25, -0.2) is 4.79 Å². The van der Waals surface area contributed by atoms with Crippen LogP contribution >= 0.6 is 0 Å². The van der Waals surface area contributed by atoms with Gasteiger partial charge >= 0.3 is 5.97 Å². The van der Waals surface area contributed by atoms with Crippen molar-refractivity contribution in [2.75, 3.05) is 26.9 Å². The highest BCUT2D eigenvalue weighted by atomic mass is 16.8. The van der Waals surface area contributed by atoms with Gasteiger partial charge in [0.25, 0.3) is 0 Å². The summed E-state index contributed by atoms with van der Waals surface area (Å²) in [5.41, 5.74) is -4.37. The molecule has 0 saturated carbocycles. The van der Waals surface area contributed by atoms with Crippen molar-refractivity contribution in [2.24, 2.45) is 0 Å². The number of esters is 1. The molecule has 1 aliphatic carbocycles. The van der Waals surface area contributed by atoms with Crippen molar-refractivity contribution in [3.05, 3.63) is 24.0 Å². The minimum atomic E-state index is -2.27. The number of ether oxygens (including phenoxy) is 4. The second kappa shape index (κ2) is 4.52. The molecule has 2 heterocycles. The van der Waals surface area contributed by atoms with Crippen LogP contribution in [0.2, 0.25) is 0 Å². The maximum Gasteiger partial charge on any atom is 0.333 e. The van der Waals surface area contributed by atoms with Gasteiger partial charge < -0.3 is 34.3 Å². The zero-order chi connectivity index (χ0) is 15.3. The third-order valence-electron chi connectivity index (χ3n) is 4.09. The second-order valence-electron chi connectivity index (χ2n) is 5.12. The Morgan fingerprint density at radius 1 is 1.43 bits per heavy atom. The fourth-order valence-corrected chi connectivity index (χ4v) is 2.93. The fraction of sp³-hybridized carbons (Fsp3) is 0.615. The molecule has 2 saturated heterocycles. The molecule has 3 rings (SSSR count). The lowest BCUT2D eigenvalue weighted by Gasteiger charge is -2.48. The lowest BCUT2D eigenvalue weighted by molar-refractivity contribution is -0.292. The normalized spacial score (nSPS) is 42.1. The Balaban J connectivity index is 2.16. The maximum absolute atomic E-state index is 11.4. The summed E-state index contributed by atoms with van der Waals surface area (Å²) >= 11 is 0. The smallest absolute Gasteiger partial charge is 0.333 e. The first kappa shape index (κ1) is 14.5. The van der Waals surface area contributed by atoms with Gasteiger partial charge in [0.15, 0.2) is 5.60 Å². The van der Waals surface area contributed by atoms with Gasteiger partial charge in [-0.1, -0.05) is 6.08 Å². The van der Waals surface area contributed by atoms with Gasteiger partial charge in [-0.2, -0.15) is 0 Å². The topological polar surface area (TPSA) is 115 Å². The molecule has 1 spiro atoms. The van der Waals surface area contributed by atoms with E-state index in [9.17, 15) is 20.1 Å². The molecule has 21 heavy (non-hydrogen) atoms. The monoisotopic (exact) mass is 300 g/mol. The van der Waals surface area contributed by atoms with Gasteiger partial charge in [0.05, 0.1) is 26.4 Å². The van der Waals surface area contributed by atoms with E-state index in [2.05, 4.69) is 4.74 Å². The number of aliphatic hydroxyl groups excluding tert-OH is 1. The summed E-state index contributed by atoms with van der Waals surface area (Å²) in [7, 11) is 1.17. The Morgan fingerprint density at radius 3 is 2.71 bits per heavy atom. The SMILES string of the molecule is COC(=O)/C=C1/OC[C@@]2(O)[C@H](O)C=CC3(OCCO3)[C@@]12O. The Morgan fingerprint density at radius 2 is 2.10 bits per heavy atom. The molecule has 8 heteroatoms. The summed E-state index contributed by atoms with van der Waals surface area (Å²) in [4.78, 5) is 11.4. The molecule has 3 N–H and O–H groups in total. The van der Waals surface area contributed by atoms with Crippen LogP contribution in [0.1, 0.15) is 0 Å². The Bertz CT molecular complexity index is 520. The van der Waals surface area contributed by atoms with Crippen LogP contribution in [-0.2, 0) is 23.7 Å². The summed E-state index contributed by atoms with van der Waals surface area (Å²) in [6.07, 6.45) is 2.07. The predicted molar refractivity (Wildman–Crippen MR) is 65.7 cm³/mol. The molecule has 2 fully saturated rings. The van der Waals surface area contributed by atoms with E-state index >= 15 is 0 Å². The molecule has 2 aliphatic heterocycles. The van der Waals surface area contributed by atoms with Crippen molar-refractivity contribution in [1.29, 1.82) is 0 Å². The number of fused-ring (bicyclic) bond motifs is 2.